The summed E-state index contributed by atoms with van der Waals surface area (Å²) in [6.45, 7) is -0.138. The highest BCUT2D eigenvalue weighted by molar-refractivity contribution is 5.96. The summed E-state index contributed by atoms with van der Waals surface area (Å²) in [6, 6.07) is 7.06. The number of amides is 2. The van der Waals surface area contributed by atoms with E-state index >= 15 is 0 Å². The van der Waals surface area contributed by atoms with E-state index in [2.05, 4.69) is 17.2 Å². The second kappa shape index (κ2) is 6.91. The van der Waals surface area contributed by atoms with Crippen LogP contribution in [0.2, 0.25) is 0 Å². The van der Waals surface area contributed by atoms with Crippen molar-refractivity contribution in [3.8, 4) is 11.8 Å². The molecule has 1 aliphatic carbocycles. The molecule has 21 heavy (non-hydrogen) atoms. The molecule has 0 spiro atoms. The molecule has 110 valence electrons. The van der Waals surface area contributed by atoms with Gasteiger partial charge in [0.1, 0.15) is 6.61 Å². The van der Waals surface area contributed by atoms with E-state index in [1.165, 1.54) is 4.90 Å². The van der Waals surface area contributed by atoms with Crippen molar-refractivity contribution >= 4 is 11.8 Å². The molecule has 0 saturated heterocycles. The third-order valence-corrected chi connectivity index (χ3v) is 3.11. The van der Waals surface area contributed by atoms with Gasteiger partial charge in [-0.25, -0.2) is 0 Å². The lowest BCUT2D eigenvalue weighted by atomic mass is 10.1. The summed E-state index contributed by atoms with van der Waals surface area (Å²) >= 11 is 0. The largest absolute Gasteiger partial charge is 0.384 e. The van der Waals surface area contributed by atoms with Crippen LogP contribution >= 0.6 is 0 Å². The van der Waals surface area contributed by atoms with Gasteiger partial charge in [-0.1, -0.05) is 11.8 Å². The molecule has 0 bridgehead atoms. The number of aliphatic hydroxyl groups is 1. The first-order valence-electron chi connectivity index (χ1n) is 6.85. The van der Waals surface area contributed by atoms with Crippen LogP contribution in [0.4, 0.5) is 0 Å². The summed E-state index contributed by atoms with van der Waals surface area (Å²) in [4.78, 5) is 25.2. The topological polar surface area (TPSA) is 69.6 Å². The summed E-state index contributed by atoms with van der Waals surface area (Å²) in [5, 5.41) is 11.5. The van der Waals surface area contributed by atoms with Crippen LogP contribution in [-0.2, 0) is 4.79 Å². The van der Waals surface area contributed by atoms with Crippen LogP contribution in [0.25, 0.3) is 0 Å². The predicted molar refractivity (Wildman–Crippen MR) is 78.5 cm³/mol. The first kappa shape index (κ1) is 15.1. The number of nitrogens with zero attached hydrogens (tertiary/aromatic N) is 1. The molecule has 0 atom stereocenters. The summed E-state index contributed by atoms with van der Waals surface area (Å²) in [5.41, 5.74) is 1.24. The molecule has 5 heteroatoms. The molecular formula is C16H18N2O3. The van der Waals surface area contributed by atoms with Gasteiger partial charge in [0.15, 0.2) is 0 Å². The van der Waals surface area contributed by atoms with Crippen LogP contribution in [0.3, 0.4) is 0 Å². The van der Waals surface area contributed by atoms with E-state index < -0.39 is 0 Å². The number of nitrogens with one attached hydrogen (secondary N) is 1. The molecule has 0 aliphatic heterocycles. The van der Waals surface area contributed by atoms with Crippen LogP contribution in [-0.4, -0.2) is 48.1 Å². The third kappa shape index (κ3) is 4.62. The van der Waals surface area contributed by atoms with Crippen molar-refractivity contribution in [2.24, 2.45) is 0 Å². The number of hydrogen-bond donors (Lipinski definition) is 2. The smallest absolute Gasteiger partial charge is 0.254 e. The molecule has 1 aromatic rings. The van der Waals surface area contributed by atoms with Crippen molar-refractivity contribution in [3.63, 3.8) is 0 Å². The molecule has 0 aromatic heterocycles. The van der Waals surface area contributed by atoms with Crippen molar-refractivity contribution < 1.29 is 14.7 Å². The van der Waals surface area contributed by atoms with Gasteiger partial charge in [0.05, 0.1) is 6.54 Å². The maximum Gasteiger partial charge on any atom is 0.254 e. The molecular weight excluding hydrogens is 268 g/mol. The zero-order chi connectivity index (χ0) is 15.2. The standard InChI is InChI=1S/C16H18N2O3/c1-18(11-15(20)17-14-8-9-14)16(21)13-6-4-12(5-7-13)3-2-10-19/h4-7,14,19H,8-11H2,1H3,(H,17,20). The lowest BCUT2D eigenvalue weighted by Crippen LogP contribution is -2.39. The quantitative estimate of drug-likeness (QED) is 0.786. The Bertz CT molecular complexity index is 580. The van der Waals surface area contributed by atoms with Gasteiger partial charge in [0, 0.05) is 24.2 Å². The number of carbonyl (C=O) groups is 2. The van der Waals surface area contributed by atoms with E-state index in [0.717, 1.165) is 18.4 Å². The second-order valence-electron chi connectivity index (χ2n) is 5.04. The zero-order valence-corrected chi connectivity index (χ0v) is 11.9. The maximum absolute atomic E-state index is 12.2. The Kier molecular flexibility index (Phi) is 4.96. The van der Waals surface area contributed by atoms with E-state index in [1.54, 1.807) is 31.3 Å². The van der Waals surface area contributed by atoms with Gasteiger partial charge in [-0.2, -0.15) is 0 Å². The average molecular weight is 286 g/mol. The minimum absolute atomic E-state index is 0.0569. The van der Waals surface area contributed by atoms with Crippen LogP contribution in [0.5, 0.6) is 0 Å². The van der Waals surface area contributed by atoms with Gasteiger partial charge in [0.25, 0.3) is 5.91 Å². The molecule has 2 N–H and O–H groups in total. The van der Waals surface area contributed by atoms with Gasteiger partial charge in [-0.05, 0) is 37.1 Å². The fraction of sp³-hybridized carbons (Fsp3) is 0.375. The molecule has 5 nitrogen and oxygen atoms in total. The number of carbonyl (C=O) groups excluding carboxylic acids is 2. The van der Waals surface area contributed by atoms with Gasteiger partial charge in [-0.3, -0.25) is 9.59 Å². The summed E-state index contributed by atoms with van der Waals surface area (Å²) in [6.07, 6.45) is 2.06. The van der Waals surface area contributed by atoms with Crippen molar-refractivity contribution in [2.45, 2.75) is 18.9 Å². The van der Waals surface area contributed by atoms with Crippen molar-refractivity contribution in [2.75, 3.05) is 20.2 Å². The first-order chi connectivity index (χ1) is 10.1. The highest BCUT2D eigenvalue weighted by Crippen LogP contribution is 2.18. The molecule has 1 fully saturated rings. The number of rotatable bonds is 4. The highest BCUT2D eigenvalue weighted by Gasteiger charge is 2.24. The molecule has 0 unspecified atom stereocenters. The number of aliphatic hydroxyl groups excluding tert-OH is 1. The normalized spacial score (nSPS) is 13.0. The van der Waals surface area contributed by atoms with E-state index in [9.17, 15) is 9.59 Å². The van der Waals surface area contributed by atoms with E-state index in [0.29, 0.717) is 11.6 Å². The van der Waals surface area contributed by atoms with Gasteiger partial charge >= 0.3 is 0 Å². The van der Waals surface area contributed by atoms with Crippen LogP contribution in [0.15, 0.2) is 24.3 Å². The molecule has 0 radical (unpaired) electrons. The monoisotopic (exact) mass is 286 g/mol. The Labute approximate surface area is 124 Å². The van der Waals surface area contributed by atoms with Gasteiger partial charge < -0.3 is 15.3 Å². The van der Waals surface area contributed by atoms with E-state index in [4.69, 9.17) is 5.11 Å². The summed E-state index contributed by atoms with van der Waals surface area (Å²) in [7, 11) is 1.61. The van der Waals surface area contributed by atoms with Gasteiger partial charge in [0.2, 0.25) is 5.91 Å². The zero-order valence-electron chi connectivity index (χ0n) is 11.9. The molecule has 0 heterocycles. The lowest BCUT2D eigenvalue weighted by Gasteiger charge is -2.16. The fourth-order valence-electron chi connectivity index (χ4n) is 1.85. The van der Waals surface area contributed by atoms with E-state index in [-0.39, 0.29) is 25.0 Å². The third-order valence-electron chi connectivity index (χ3n) is 3.11. The maximum atomic E-state index is 12.2. The summed E-state index contributed by atoms with van der Waals surface area (Å²) in [5.74, 6) is 4.97. The molecule has 1 aromatic carbocycles. The van der Waals surface area contributed by atoms with Crippen LogP contribution in [0.1, 0.15) is 28.8 Å². The Balaban J connectivity index is 1.93. The van der Waals surface area contributed by atoms with E-state index in [1.807, 2.05) is 0 Å². The Morgan fingerprint density at radius 2 is 2.00 bits per heavy atom. The summed E-state index contributed by atoms with van der Waals surface area (Å²) < 4.78 is 0. The second-order valence-corrected chi connectivity index (χ2v) is 5.04. The van der Waals surface area contributed by atoms with Crippen molar-refractivity contribution in [1.82, 2.24) is 10.2 Å². The average Bonchev–Trinajstić information content (AvgIpc) is 3.28. The first-order valence-corrected chi connectivity index (χ1v) is 6.85. The predicted octanol–water partition coefficient (Wildman–Crippen LogP) is 0.381. The Morgan fingerprint density at radius 3 is 2.57 bits per heavy atom. The SMILES string of the molecule is CN(CC(=O)NC1CC1)C(=O)c1ccc(C#CCO)cc1. The lowest BCUT2D eigenvalue weighted by molar-refractivity contribution is -0.121. The van der Waals surface area contributed by atoms with Crippen LogP contribution < -0.4 is 5.32 Å². The fourth-order valence-corrected chi connectivity index (χ4v) is 1.85. The van der Waals surface area contributed by atoms with Gasteiger partial charge in [-0.15, -0.1) is 0 Å². The molecule has 1 saturated carbocycles. The Hall–Kier alpha value is -2.32. The minimum Gasteiger partial charge on any atom is -0.384 e. The number of benzene rings is 1. The van der Waals surface area contributed by atoms with Crippen LogP contribution in [0, 0.1) is 11.8 Å². The molecule has 2 amide bonds. The van der Waals surface area contributed by atoms with Crippen molar-refractivity contribution in [3.05, 3.63) is 35.4 Å². The number of likely N-dealkylation sites (N-methyl/N-ethyl adjacent to an activating group) is 1. The minimum atomic E-state index is -0.206. The number of hydrogen-bond acceptors (Lipinski definition) is 3. The molecule has 1 aliphatic rings. The van der Waals surface area contributed by atoms with Crippen molar-refractivity contribution in [1.29, 1.82) is 0 Å². The Morgan fingerprint density at radius 1 is 1.33 bits per heavy atom. The highest BCUT2D eigenvalue weighted by atomic mass is 16.2. The molecule has 2 rings (SSSR count).